The maximum absolute atomic E-state index is 13.0. The van der Waals surface area contributed by atoms with Crippen LogP contribution >= 0.6 is 0 Å². The van der Waals surface area contributed by atoms with Gasteiger partial charge in [-0.25, -0.2) is 4.39 Å². The number of hydrogen-bond acceptors (Lipinski definition) is 2. The lowest BCUT2D eigenvalue weighted by atomic mass is 9.94. The highest BCUT2D eigenvalue weighted by Crippen LogP contribution is 2.40. The number of hydrogen-bond donors (Lipinski definition) is 1. The summed E-state index contributed by atoms with van der Waals surface area (Å²) in [5, 5.41) is 0. The highest BCUT2D eigenvalue weighted by atomic mass is 19.1. The summed E-state index contributed by atoms with van der Waals surface area (Å²) >= 11 is 0. The van der Waals surface area contributed by atoms with E-state index in [0.717, 1.165) is 12.8 Å². The minimum atomic E-state index is -0.158. The van der Waals surface area contributed by atoms with Crippen LogP contribution in [0.3, 0.4) is 0 Å². The summed E-state index contributed by atoms with van der Waals surface area (Å²) in [6.45, 7) is 2.23. The van der Waals surface area contributed by atoms with E-state index in [4.69, 9.17) is 5.73 Å². The predicted octanol–water partition coefficient (Wildman–Crippen LogP) is 2.84. The molecule has 2 heterocycles. The van der Waals surface area contributed by atoms with E-state index >= 15 is 0 Å². The summed E-state index contributed by atoms with van der Waals surface area (Å²) in [6.07, 6.45) is 4.76. The second-order valence-electron chi connectivity index (χ2n) is 5.79. The van der Waals surface area contributed by atoms with Gasteiger partial charge in [0.1, 0.15) is 5.82 Å². The van der Waals surface area contributed by atoms with Crippen molar-refractivity contribution in [3.63, 3.8) is 0 Å². The molecule has 0 aliphatic carbocycles. The molecule has 0 radical (unpaired) electrons. The monoisotopic (exact) mass is 248 g/mol. The lowest BCUT2D eigenvalue weighted by Crippen LogP contribution is -2.48. The molecule has 0 amide bonds. The Morgan fingerprint density at radius 1 is 1.17 bits per heavy atom. The van der Waals surface area contributed by atoms with Crippen LogP contribution in [0.25, 0.3) is 0 Å². The van der Waals surface area contributed by atoms with Crippen LogP contribution in [0.15, 0.2) is 24.3 Å². The molecule has 98 valence electrons. The fourth-order valence-electron chi connectivity index (χ4n) is 3.80. The van der Waals surface area contributed by atoms with E-state index in [1.54, 1.807) is 12.1 Å². The van der Waals surface area contributed by atoms with E-state index in [0.29, 0.717) is 24.2 Å². The van der Waals surface area contributed by atoms with Crippen molar-refractivity contribution >= 4 is 0 Å². The molecule has 1 aromatic rings. The van der Waals surface area contributed by atoms with E-state index in [1.807, 2.05) is 12.1 Å². The molecular formula is C15H21FN2. The van der Waals surface area contributed by atoms with Crippen molar-refractivity contribution < 1.29 is 4.39 Å². The van der Waals surface area contributed by atoms with Gasteiger partial charge in [0.2, 0.25) is 0 Å². The Balaban J connectivity index is 1.81. The summed E-state index contributed by atoms with van der Waals surface area (Å²) in [6, 6.07) is 8.93. The average Bonchev–Trinajstić information content (AvgIpc) is 2.62. The Morgan fingerprint density at radius 3 is 2.28 bits per heavy atom. The van der Waals surface area contributed by atoms with Gasteiger partial charge in [0.05, 0.1) is 0 Å². The van der Waals surface area contributed by atoms with Crippen molar-refractivity contribution in [1.29, 1.82) is 0 Å². The molecule has 2 aliphatic rings. The highest BCUT2D eigenvalue weighted by molar-refractivity contribution is 5.20. The molecule has 3 heteroatoms. The second kappa shape index (κ2) is 4.63. The molecule has 0 spiro atoms. The number of fused-ring (bicyclic) bond motifs is 2. The third-order valence-electron chi connectivity index (χ3n) is 4.63. The van der Waals surface area contributed by atoms with E-state index in [-0.39, 0.29) is 5.82 Å². The molecular weight excluding hydrogens is 227 g/mol. The van der Waals surface area contributed by atoms with Gasteiger partial charge in [-0.1, -0.05) is 12.1 Å². The standard InChI is InChI=1S/C15H21FN2/c1-10(11-2-4-12(16)5-3-11)18-14-6-7-15(18)9-13(17)8-14/h2-5,10,13-15H,6-9,17H2,1H3. The third-order valence-corrected chi connectivity index (χ3v) is 4.63. The van der Waals surface area contributed by atoms with E-state index < -0.39 is 0 Å². The van der Waals surface area contributed by atoms with Crippen molar-refractivity contribution in [3.8, 4) is 0 Å². The number of benzene rings is 1. The number of nitrogens with zero attached hydrogens (tertiary/aromatic N) is 1. The largest absolute Gasteiger partial charge is 0.328 e. The van der Waals surface area contributed by atoms with Gasteiger partial charge in [-0.05, 0) is 50.3 Å². The van der Waals surface area contributed by atoms with Crippen molar-refractivity contribution in [2.45, 2.75) is 56.8 Å². The van der Waals surface area contributed by atoms with Crippen LogP contribution in [0.1, 0.15) is 44.2 Å². The van der Waals surface area contributed by atoms with Gasteiger partial charge in [0.15, 0.2) is 0 Å². The first-order chi connectivity index (χ1) is 8.65. The summed E-state index contributed by atoms with van der Waals surface area (Å²) in [7, 11) is 0. The van der Waals surface area contributed by atoms with Crippen LogP contribution in [0.4, 0.5) is 4.39 Å². The number of halogens is 1. The summed E-state index contributed by atoms with van der Waals surface area (Å²) in [5.74, 6) is -0.158. The fourth-order valence-corrected chi connectivity index (χ4v) is 3.80. The van der Waals surface area contributed by atoms with Crippen LogP contribution in [0.2, 0.25) is 0 Å². The SMILES string of the molecule is CC(c1ccc(F)cc1)N1C2CCC1CC(N)C2. The molecule has 2 fully saturated rings. The predicted molar refractivity (Wildman–Crippen MR) is 70.7 cm³/mol. The zero-order valence-corrected chi connectivity index (χ0v) is 10.8. The van der Waals surface area contributed by atoms with Gasteiger partial charge in [0, 0.05) is 24.2 Å². The molecule has 2 aliphatic heterocycles. The molecule has 2 bridgehead atoms. The summed E-state index contributed by atoms with van der Waals surface area (Å²) < 4.78 is 13.0. The van der Waals surface area contributed by atoms with Crippen LogP contribution in [-0.4, -0.2) is 23.0 Å². The molecule has 0 aromatic heterocycles. The first-order valence-electron chi connectivity index (χ1n) is 6.93. The second-order valence-corrected chi connectivity index (χ2v) is 5.79. The fraction of sp³-hybridized carbons (Fsp3) is 0.600. The zero-order chi connectivity index (χ0) is 12.7. The minimum Gasteiger partial charge on any atom is -0.328 e. The van der Waals surface area contributed by atoms with Crippen molar-refractivity contribution in [2.24, 2.45) is 5.73 Å². The first-order valence-corrected chi connectivity index (χ1v) is 6.93. The van der Waals surface area contributed by atoms with Gasteiger partial charge >= 0.3 is 0 Å². The molecule has 3 unspecified atom stereocenters. The van der Waals surface area contributed by atoms with Gasteiger partial charge in [0.25, 0.3) is 0 Å². The van der Waals surface area contributed by atoms with Gasteiger partial charge < -0.3 is 5.73 Å². The van der Waals surface area contributed by atoms with E-state index in [9.17, 15) is 4.39 Å². The van der Waals surface area contributed by atoms with Crippen molar-refractivity contribution in [1.82, 2.24) is 4.90 Å². The topological polar surface area (TPSA) is 29.3 Å². The van der Waals surface area contributed by atoms with Gasteiger partial charge in [-0.3, -0.25) is 4.90 Å². The van der Waals surface area contributed by atoms with Gasteiger partial charge in [-0.15, -0.1) is 0 Å². The molecule has 0 saturated carbocycles. The van der Waals surface area contributed by atoms with Crippen LogP contribution in [0, 0.1) is 5.82 Å². The number of piperidine rings is 1. The lowest BCUT2D eigenvalue weighted by Gasteiger charge is -2.41. The Bertz CT molecular complexity index is 403. The van der Waals surface area contributed by atoms with Crippen LogP contribution < -0.4 is 5.73 Å². The lowest BCUT2D eigenvalue weighted by molar-refractivity contribution is 0.0853. The molecule has 3 rings (SSSR count). The van der Waals surface area contributed by atoms with Crippen LogP contribution in [0.5, 0.6) is 0 Å². The molecule has 3 atom stereocenters. The third kappa shape index (κ3) is 2.06. The Kier molecular flexibility index (Phi) is 3.12. The quantitative estimate of drug-likeness (QED) is 0.872. The minimum absolute atomic E-state index is 0.158. The zero-order valence-electron chi connectivity index (χ0n) is 10.8. The summed E-state index contributed by atoms with van der Waals surface area (Å²) in [5.41, 5.74) is 7.31. The number of nitrogens with two attached hydrogens (primary N) is 1. The van der Waals surface area contributed by atoms with E-state index in [2.05, 4.69) is 11.8 Å². The van der Waals surface area contributed by atoms with Crippen molar-refractivity contribution in [3.05, 3.63) is 35.6 Å². The molecule has 2 saturated heterocycles. The normalized spacial score (nSPS) is 33.6. The average molecular weight is 248 g/mol. The highest BCUT2D eigenvalue weighted by Gasteiger charge is 2.41. The first kappa shape index (κ1) is 12.1. The molecule has 1 aromatic carbocycles. The Labute approximate surface area is 108 Å². The maximum atomic E-state index is 13.0. The Morgan fingerprint density at radius 2 is 1.72 bits per heavy atom. The number of rotatable bonds is 2. The molecule has 18 heavy (non-hydrogen) atoms. The van der Waals surface area contributed by atoms with E-state index in [1.165, 1.54) is 18.4 Å². The van der Waals surface area contributed by atoms with Crippen LogP contribution in [-0.2, 0) is 0 Å². The summed E-state index contributed by atoms with van der Waals surface area (Å²) in [4.78, 5) is 2.61. The van der Waals surface area contributed by atoms with Crippen molar-refractivity contribution in [2.75, 3.05) is 0 Å². The van der Waals surface area contributed by atoms with Gasteiger partial charge in [-0.2, -0.15) is 0 Å². The molecule has 2 N–H and O–H groups in total. The maximum Gasteiger partial charge on any atom is 0.123 e. The Hall–Kier alpha value is -0.930. The smallest absolute Gasteiger partial charge is 0.123 e. The molecule has 2 nitrogen and oxygen atoms in total.